The lowest BCUT2D eigenvalue weighted by atomic mass is 10.1. The Kier molecular flexibility index (Phi) is 4.21. The summed E-state index contributed by atoms with van der Waals surface area (Å²) >= 11 is 5.83. The zero-order valence-electron chi connectivity index (χ0n) is 9.16. The molecule has 0 N–H and O–H groups in total. The lowest BCUT2D eigenvalue weighted by Gasteiger charge is -2.16. The van der Waals surface area contributed by atoms with Crippen LogP contribution < -0.4 is 4.74 Å². The third-order valence-electron chi connectivity index (χ3n) is 2.07. The molecule has 4 heteroatoms. The summed E-state index contributed by atoms with van der Waals surface area (Å²) in [5.74, 6) is 2.68. The van der Waals surface area contributed by atoms with Crippen molar-refractivity contribution in [3.05, 3.63) is 28.8 Å². The second kappa shape index (κ2) is 5.43. The van der Waals surface area contributed by atoms with Gasteiger partial charge in [-0.25, -0.2) is 0 Å². The molecule has 0 aromatic heterocycles. The van der Waals surface area contributed by atoms with Crippen LogP contribution in [-0.2, 0) is 0 Å². The number of rotatable bonds is 3. The zero-order valence-corrected chi connectivity index (χ0v) is 9.91. The summed E-state index contributed by atoms with van der Waals surface area (Å²) in [5, 5.41) is 0.484. The van der Waals surface area contributed by atoms with Gasteiger partial charge in [-0.05, 0) is 18.2 Å². The third kappa shape index (κ3) is 2.68. The molecule has 0 fully saturated rings. The molecule has 1 aromatic carbocycles. The largest absolute Gasteiger partial charge is 0.496 e. The Morgan fingerprint density at radius 1 is 1.62 bits per heavy atom. The molecular formula is C12H12ClNO2. The minimum Gasteiger partial charge on any atom is -0.496 e. The molecule has 16 heavy (non-hydrogen) atoms. The first kappa shape index (κ1) is 12.4. The lowest BCUT2D eigenvalue weighted by Crippen LogP contribution is -2.27. The highest BCUT2D eigenvalue weighted by Crippen LogP contribution is 2.23. The average molecular weight is 238 g/mol. The van der Waals surface area contributed by atoms with Gasteiger partial charge in [0.1, 0.15) is 5.75 Å². The number of halogens is 1. The fourth-order valence-corrected chi connectivity index (χ4v) is 1.43. The molecule has 0 aliphatic heterocycles. The van der Waals surface area contributed by atoms with Gasteiger partial charge in [-0.15, -0.1) is 6.42 Å². The molecule has 0 spiro atoms. The van der Waals surface area contributed by atoms with E-state index < -0.39 is 0 Å². The monoisotopic (exact) mass is 237 g/mol. The van der Waals surface area contributed by atoms with Crippen LogP contribution in [0, 0.1) is 12.3 Å². The Morgan fingerprint density at radius 3 is 2.88 bits per heavy atom. The minimum absolute atomic E-state index is 0.211. The van der Waals surface area contributed by atoms with Crippen molar-refractivity contribution in [2.45, 2.75) is 0 Å². The smallest absolute Gasteiger partial charge is 0.258 e. The molecule has 3 nitrogen and oxygen atoms in total. The number of carbonyl (C=O) groups is 1. The predicted molar refractivity (Wildman–Crippen MR) is 63.8 cm³/mol. The fraction of sp³-hybridized carbons (Fsp3) is 0.250. The number of amides is 1. The van der Waals surface area contributed by atoms with E-state index in [2.05, 4.69) is 5.92 Å². The van der Waals surface area contributed by atoms with Gasteiger partial charge >= 0.3 is 0 Å². The van der Waals surface area contributed by atoms with Crippen LogP contribution in [0.3, 0.4) is 0 Å². The molecule has 0 aliphatic carbocycles. The highest BCUT2D eigenvalue weighted by molar-refractivity contribution is 6.31. The highest BCUT2D eigenvalue weighted by atomic mass is 35.5. The first-order valence-electron chi connectivity index (χ1n) is 4.62. The van der Waals surface area contributed by atoms with Gasteiger partial charge in [0.25, 0.3) is 5.91 Å². The van der Waals surface area contributed by atoms with Gasteiger partial charge in [0.15, 0.2) is 0 Å². The van der Waals surface area contributed by atoms with E-state index in [0.717, 1.165) is 0 Å². The topological polar surface area (TPSA) is 29.5 Å². The molecule has 0 atom stereocenters. The number of terminal acetylenes is 1. The van der Waals surface area contributed by atoms with Crippen LogP contribution >= 0.6 is 11.6 Å². The summed E-state index contributed by atoms with van der Waals surface area (Å²) in [6.07, 6.45) is 5.14. The van der Waals surface area contributed by atoms with Gasteiger partial charge in [0.05, 0.1) is 19.2 Å². The van der Waals surface area contributed by atoms with Crippen molar-refractivity contribution in [1.82, 2.24) is 4.90 Å². The Labute approximate surface area is 100.0 Å². The Hall–Kier alpha value is -1.66. The number of hydrogen-bond acceptors (Lipinski definition) is 2. The van der Waals surface area contributed by atoms with E-state index in [1.165, 1.54) is 12.0 Å². The lowest BCUT2D eigenvalue weighted by molar-refractivity contribution is 0.0809. The summed E-state index contributed by atoms with van der Waals surface area (Å²) < 4.78 is 5.09. The van der Waals surface area contributed by atoms with Crippen molar-refractivity contribution in [2.24, 2.45) is 0 Å². The molecule has 1 aromatic rings. The van der Waals surface area contributed by atoms with Gasteiger partial charge in [-0.1, -0.05) is 17.5 Å². The van der Waals surface area contributed by atoms with Crippen LogP contribution in [0.2, 0.25) is 5.02 Å². The molecule has 84 valence electrons. The fourth-order valence-electron chi connectivity index (χ4n) is 1.26. The second-order valence-electron chi connectivity index (χ2n) is 3.21. The maximum absolute atomic E-state index is 12.0. The molecule has 0 bridgehead atoms. The van der Waals surface area contributed by atoms with E-state index in [4.69, 9.17) is 22.8 Å². The van der Waals surface area contributed by atoms with Crippen molar-refractivity contribution in [1.29, 1.82) is 0 Å². The number of nitrogens with zero attached hydrogens (tertiary/aromatic N) is 1. The first-order chi connectivity index (χ1) is 7.60. The summed E-state index contributed by atoms with van der Waals surface area (Å²) in [7, 11) is 3.13. The molecule has 0 saturated heterocycles. The SMILES string of the molecule is C#CCN(C)C(=O)c1cc(Cl)ccc1OC. The van der Waals surface area contributed by atoms with Gasteiger partial charge < -0.3 is 9.64 Å². The maximum Gasteiger partial charge on any atom is 0.258 e. The summed E-state index contributed by atoms with van der Waals surface area (Å²) in [4.78, 5) is 13.4. The van der Waals surface area contributed by atoms with E-state index in [0.29, 0.717) is 16.3 Å². The zero-order chi connectivity index (χ0) is 12.1. The molecule has 0 aliphatic rings. The maximum atomic E-state index is 12.0. The Bertz CT molecular complexity index is 437. The molecule has 0 unspecified atom stereocenters. The van der Waals surface area contributed by atoms with Crippen LogP contribution in [0.1, 0.15) is 10.4 Å². The number of ether oxygens (including phenoxy) is 1. The second-order valence-corrected chi connectivity index (χ2v) is 3.65. The number of benzene rings is 1. The molecule has 0 saturated carbocycles. The van der Waals surface area contributed by atoms with Crippen LogP contribution in [0.4, 0.5) is 0 Å². The number of methoxy groups -OCH3 is 1. The van der Waals surface area contributed by atoms with Crippen molar-refractivity contribution in [3.63, 3.8) is 0 Å². The Morgan fingerprint density at radius 2 is 2.31 bits per heavy atom. The van der Waals surface area contributed by atoms with Crippen LogP contribution in [0.5, 0.6) is 5.75 Å². The normalized spacial score (nSPS) is 9.38. The van der Waals surface area contributed by atoms with Gasteiger partial charge in [-0.3, -0.25) is 4.79 Å². The molecule has 1 amide bonds. The first-order valence-corrected chi connectivity index (χ1v) is 5.00. The summed E-state index contributed by atoms with van der Waals surface area (Å²) in [5.41, 5.74) is 0.410. The Balaban J connectivity index is 3.07. The van der Waals surface area contributed by atoms with E-state index in [9.17, 15) is 4.79 Å². The molecule has 0 heterocycles. The van der Waals surface area contributed by atoms with Crippen LogP contribution in [-0.4, -0.2) is 31.5 Å². The predicted octanol–water partition coefficient (Wildman–Crippen LogP) is 2.05. The van der Waals surface area contributed by atoms with Crippen molar-refractivity contribution in [3.8, 4) is 18.1 Å². The van der Waals surface area contributed by atoms with E-state index in [-0.39, 0.29) is 12.5 Å². The van der Waals surface area contributed by atoms with E-state index >= 15 is 0 Å². The van der Waals surface area contributed by atoms with Crippen LogP contribution in [0.15, 0.2) is 18.2 Å². The molecule has 1 rings (SSSR count). The standard InChI is InChI=1S/C12H12ClNO2/c1-4-7-14(2)12(15)10-8-9(13)5-6-11(10)16-3/h1,5-6,8H,7H2,2-3H3. The quantitative estimate of drug-likeness (QED) is 0.753. The van der Waals surface area contributed by atoms with Crippen molar-refractivity contribution >= 4 is 17.5 Å². The molecular weight excluding hydrogens is 226 g/mol. The molecule has 0 radical (unpaired) electrons. The average Bonchev–Trinajstić information content (AvgIpc) is 2.28. The number of carbonyl (C=O) groups excluding carboxylic acids is 1. The summed E-state index contributed by atoms with van der Waals surface area (Å²) in [6, 6.07) is 4.88. The van der Waals surface area contributed by atoms with Crippen molar-refractivity contribution in [2.75, 3.05) is 20.7 Å². The van der Waals surface area contributed by atoms with Crippen molar-refractivity contribution < 1.29 is 9.53 Å². The van der Waals surface area contributed by atoms with E-state index in [1.807, 2.05) is 0 Å². The summed E-state index contributed by atoms with van der Waals surface area (Å²) in [6.45, 7) is 0.245. The van der Waals surface area contributed by atoms with Gasteiger partial charge in [0, 0.05) is 12.1 Å². The highest BCUT2D eigenvalue weighted by Gasteiger charge is 2.16. The number of hydrogen-bond donors (Lipinski definition) is 0. The van der Waals surface area contributed by atoms with Crippen LogP contribution in [0.25, 0.3) is 0 Å². The van der Waals surface area contributed by atoms with Gasteiger partial charge in [-0.2, -0.15) is 0 Å². The van der Waals surface area contributed by atoms with Gasteiger partial charge in [0.2, 0.25) is 0 Å². The third-order valence-corrected chi connectivity index (χ3v) is 2.30. The van der Waals surface area contributed by atoms with E-state index in [1.54, 1.807) is 25.2 Å². The minimum atomic E-state index is -0.211.